The monoisotopic (exact) mass is 338 g/mol. The molecule has 2 aromatic carbocycles. The molecule has 0 aliphatic carbocycles. The molecule has 0 aliphatic heterocycles. The first kappa shape index (κ1) is 17.0. The van der Waals surface area contributed by atoms with Gasteiger partial charge in [0.25, 0.3) is 0 Å². The first-order valence-electron chi connectivity index (χ1n) is 6.75. The van der Waals surface area contributed by atoms with Crippen LogP contribution >= 0.6 is 12.2 Å². The molecular formula is C16H16F2N2O2S. The van der Waals surface area contributed by atoms with Crippen LogP contribution in [0.15, 0.2) is 42.5 Å². The molecule has 0 saturated heterocycles. The van der Waals surface area contributed by atoms with Gasteiger partial charge in [0.1, 0.15) is 11.5 Å². The van der Waals surface area contributed by atoms with Gasteiger partial charge in [0.15, 0.2) is 5.11 Å². The predicted molar refractivity (Wildman–Crippen MR) is 90.6 cm³/mol. The normalized spacial score (nSPS) is 10.3. The van der Waals surface area contributed by atoms with E-state index in [1.807, 2.05) is 25.1 Å². The van der Waals surface area contributed by atoms with Crippen molar-refractivity contribution in [2.75, 3.05) is 17.7 Å². The topological polar surface area (TPSA) is 42.5 Å². The molecule has 2 aromatic rings. The van der Waals surface area contributed by atoms with E-state index in [1.54, 1.807) is 19.2 Å². The van der Waals surface area contributed by atoms with Crippen LogP contribution < -0.4 is 20.1 Å². The Kier molecular flexibility index (Phi) is 5.70. The number of benzene rings is 2. The Balaban J connectivity index is 2.01. The fourth-order valence-corrected chi connectivity index (χ4v) is 2.15. The first-order chi connectivity index (χ1) is 11.0. The van der Waals surface area contributed by atoms with Crippen molar-refractivity contribution in [3.8, 4) is 11.5 Å². The van der Waals surface area contributed by atoms with Crippen LogP contribution in [0.2, 0.25) is 0 Å². The van der Waals surface area contributed by atoms with Crippen LogP contribution in [0.5, 0.6) is 11.5 Å². The summed E-state index contributed by atoms with van der Waals surface area (Å²) in [6.07, 6.45) is 0. The molecule has 0 aliphatic rings. The minimum atomic E-state index is -2.84. The molecular weight excluding hydrogens is 322 g/mol. The molecule has 0 fully saturated rings. The summed E-state index contributed by atoms with van der Waals surface area (Å²) in [7, 11) is 1.58. The van der Waals surface area contributed by atoms with Crippen LogP contribution in [0.3, 0.4) is 0 Å². The largest absolute Gasteiger partial charge is 0.495 e. The summed E-state index contributed by atoms with van der Waals surface area (Å²) in [5, 5.41) is 6.36. The van der Waals surface area contributed by atoms with Gasteiger partial charge in [0.2, 0.25) is 0 Å². The molecule has 0 atom stereocenters. The standard InChI is InChI=1S/C16H16F2N2O2S/c1-10-3-8-14(21-2)13(9-10)20-16(23)19-11-4-6-12(7-5-11)22-15(17)18/h3-9,15H,1-2H3,(H2,19,20,23). The van der Waals surface area contributed by atoms with Crippen LogP contribution in [-0.4, -0.2) is 18.8 Å². The van der Waals surface area contributed by atoms with Crippen LogP contribution in [0.4, 0.5) is 20.2 Å². The van der Waals surface area contributed by atoms with Crippen molar-refractivity contribution in [3.05, 3.63) is 48.0 Å². The highest BCUT2D eigenvalue weighted by atomic mass is 32.1. The summed E-state index contributed by atoms with van der Waals surface area (Å²) in [5.74, 6) is 0.755. The van der Waals surface area contributed by atoms with Crippen molar-refractivity contribution in [3.63, 3.8) is 0 Å². The molecule has 23 heavy (non-hydrogen) atoms. The number of aryl methyl sites for hydroxylation is 1. The van der Waals surface area contributed by atoms with E-state index in [9.17, 15) is 8.78 Å². The van der Waals surface area contributed by atoms with Gasteiger partial charge in [-0.1, -0.05) is 6.07 Å². The molecule has 2 N–H and O–H groups in total. The van der Waals surface area contributed by atoms with E-state index in [2.05, 4.69) is 15.4 Å². The summed E-state index contributed by atoms with van der Waals surface area (Å²) in [6, 6.07) is 11.7. The summed E-state index contributed by atoms with van der Waals surface area (Å²) >= 11 is 5.24. The quantitative estimate of drug-likeness (QED) is 0.790. The van der Waals surface area contributed by atoms with E-state index in [0.717, 1.165) is 11.3 Å². The minimum absolute atomic E-state index is 0.0878. The third-order valence-electron chi connectivity index (χ3n) is 2.94. The van der Waals surface area contributed by atoms with Crippen molar-refractivity contribution >= 4 is 28.7 Å². The summed E-state index contributed by atoms with van der Waals surface area (Å²) < 4.78 is 33.7. The Morgan fingerprint density at radius 2 is 1.78 bits per heavy atom. The van der Waals surface area contributed by atoms with E-state index < -0.39 is 6.61 Å². The van der Waals surface area contributed by atoms with Crippen molar-refractivity contribution in [1.29, 1.82) is 0 Å². The second-order valence-electron chi connectivity index (χ2n) is 4.69. The molecule has 0 saturated carbocycles. The Bertz CT molecular complexity index is 678. The highest BCUT2D eigenvalue weighted by molar-refractivity contribution is 7.80. The molecule has 7 heteroatoms. The number of halogens is 2. The van der Waals surface area contributed by atoms with Crippen LogP contribution in [0.25, 0.3) is 0 Å². The highest BCUT2D eigenvalue weighted by Gasteiger charge is 2.07. The molecule has 0 unspecified atom stereocenters. The SMILES string of the molecule is COc1ccc(C)cc1NC(=S)Nc1ccc(OC(F)F)cc1. The van der Waals surface area contributed by atoms with Gasteiger partial charge in [-0.15, -0.1) is 0 Å². The van der Waals surface area contributed by atoms with Crippen molar-refractivity contribution in [2.24, 2.45) is 0 Å². The van der Waals surface area contributed by atoms with Crippen LogP contribution in [-0.2, 0) is 0 Å². The number of alkyl halides is 2. The van der Waals surface area contributed by atoms with Gasteiger partial charge in [-0.25, -0.2) is 0 Å². The van der Waals surface area contributed by atoms with Gasteiger partial charge in [0.05, 0.1) is 12.8 Å². The van der Waals surface area contributed by atoms with Gasteiger partial charge in [-0.2, -0.15) is 8.78 Å². The van der Waals surface area contributed by atoms with E-state index in [0.29, 0.717) is 16.5 Å². The van der Waals surface area contributed by atoms with Crippen molar-refractivity contribution < 1.29 is 18.3 Å². The average Bonchev–Trinajstić information content (AvgIpc) is 2.49. The number of rotatable bonds is 5. The number of methoxy groups -OCH3 is 1. The molecule has 2 rings (SSSR count). The molecule has 0 aromatic heterocycles. The summed E-state index contributed by atoms with van der Waals surface area (Å²) in [5.41, 5.74) is 2.45. The average molecular weight is 338 g/mol. The van der Waals surface area contributed by atoms with Crippen molar-refractivity contribution in [2.45, 2.75) is 13.5 Å². The van der Waals surface area contributed by atoms with Gasteiger partial charge >= 0.3 is 6.61 Å². The number of nitrogens with one attached hydrogen (secondary N) is 2. The number of thiocarbonyl (C=S) groups is 1. The van der Waals surface area contributed by atoms with Gasteiger partial charge < -0.3 is 20.1 Å². The predicted octanol–water partition coefficient (Wildman–Crippen LogP) is 4.41. The van der Waals surface area contributed by atoms with E-state index in [-0.39, 0.29) is 5.75 Å². The van der Waals surface area contributed by atoms with Crippen LogP contribution in [0.1, 0.15) is 5.56 Å². The molecule has 122 valence electrons. The zero-order valence-electron chi connectivity index (χ0n) is 12.6. The lowest BCUT2D eigenvalue weighted by Gasteiger charge is -2.14. The number of hydrogen-bond acceptors (Lipinski definition) is 3. The van der Waals surface area contributed by atoms with E-state index >= 15 is 0 Å². The Labute approximate surface area is 138 Å². The Morgan fingerprint density at radius 1 is 1.09 bits per heavy atom. The number of ether oxygens (including phenoxy) is 2. The second-order valence-corrected chi connectivity index (χ2v) is 5.09. The van der Waals surface area contributed by atoms with Crippen LogP contribution in [0, 0.1) is 6.92 Å². The lowest BCUT2D eigenvalue weighted by atomic mass is 10.2. The summed E-state index contributed by atoms with van der Waals surface area (Å²) in [4.78, 5) is 0. The third-order valence-corrected chi connectivity index (χ3v) is 3.14. The maximum atomic E-state index is 12.1. The second kappa shape index (κ2) is 7.73. The Morgan fingerprint density at radius 3 is 2.39 bits per heavy atom. The van der Waals surface area contributed by atoms with Gasteiger partial charge in [-0.3, -0.25) is 0 Å². The lowest BCUT2D eigenvalue weighted by molar-refractivity contribution is -0.0498. The maximum absolute atomic E-state index is 12.1. The zero-order valence-corrected chi connectivity index (χ0v) is 13.4. The maximum Gasteiger partial charge on any atom is 0.387 e. The molecule has 4 nitrogen and oxygen atoms in total. The zero-order chi connectivity index (χ0) is 16.8. The lowest BCUT2D eigenvalue weighted by Crippen LogP contribution is -2.19. The number of hydrogen-bond donors (Lipinski definition) is 2. The molecule has 0 bridgehead atoms. The molecule has 0 heterocycles. The minimum Gasteiger partial charge on any atom is -0.495 e. The van der Waals surface area contributed by atoms with Crippen molar-refractivity contribution in [1.82, 2.24) is 0 Å². The third kappa shape index (κ3) is 5.07. The molecule has 0 radical (unpaired) electrons. The smallest absolute Gasteiger partial charge is 0.387 e. The van der Waals surface area contributed by atoms with Gasteiger partial charge in [-0.05, 0) is 61.1 Å². The van der Waals surface area contributed by atoms with E-state index in [1.165, 1.54) is 12.1 Å². The van der Waals surface area contributed by atoms with E-state index in [4.69, 9.17) is 17.0 Å². The number of anilines is 2. The molecule has 0 amide bonds. The summed E-state index contributed by atoms with van der Waals surface area (Å²) in [6.45, 7) is -0.881. The van der Waals surface area contributed by atoms with Gasteiger partial charge in [0, 0.05) is 5.69 Å². The fourth-order valence-electron chi connectivity index (χ4n) is 1.92. The molecule has 0 spiro atoms. The Hall–Kier alpha value is -2.41. The highest BCUT2D eigenvalue weighted by Crippen LogP contribution is 2.25. The first-order valence-corrected chi connectivity index (χ1v) is 7.16. The fraction of sp³-hybridized carbons (Fsp3) is 0.188.